The SMILES string of the molecule is CCc1cc(NC(C)CC(C)Cl)nc(C)n1. The van der Waals surface area contributed by atoms with Crippen LogP contribution < -0.4 is 5.32 Å². The molecule has 0 aromatic carbocycles. The maximum Gasteiger partial charge on any atom is 0.130 e. The van der Waals surface area contributed by atoms with E-state index in [2.05, 4.69) is 29.1 Å². The van der Waals surface area contributed by atoms with Gasteiger partial charge in [-0.05, 0) is 33.6 Å². The lowest BCUT2D eigenvalue weighted by Gasteiger charge is -2.16. The maximum atomic E-state index is 5.96. The van der Waals surface area contributed by atoms with Gasteiger partial charge < -0.3 is 5.32 Å². The number of aromatic nitrogens is 2. The molecular weight excluding hydrogens is 222 g/mol. The molecule has 0 fully saturated rings. The van der Waals surface area contributed by atoms with Gasteiger partial charge in [0.05, 0.1) is 0 Å². The first-order valence-electron chi connectivity index (χ1n) is 5.76. The second-order valence-corrected chi connectivity index (χ2v) is 4.95. The molecule has 1 aromatic heterocycles. The van der Waals surface area contributed by atoms with E-state index in [1.807, 2.05) is 19.9 Å². The Morgan fingerprint density at radius 2 is 2.06 bits per heavy atom. The van der Waals surface area contributed by atoms with Crippen molar-refractivity contribution in [1.82, 2.24) is 9.97 Å². The van der Waals surface area contributed by atoms with Crippen molar-refractivity contribution in [3.8, 4) is 0 Å². The predicted octanol–water partition coefficient (Wildman–Crippen LogP) is 3.17. The molecule has 16 heavy (non-hydrogen) atoms. The molecular formula is C12H20ClN3. The minimum absolute atomic E-state index is 0.177. The molecule has 0 aliphatic heterocycles. The Hall–Kier alpha value is -0.830. The second-order valence-electron chi connectivity index (χ2n) is 4.21. The van der Waals surface area contributed by atoms with Crippen LogP contribution in [0, 0.1) is 6.92 Å². The summed E-state index contributed by atoms with van der Waals surface area (Å²) < 4.78 is 0. The van der Waals surface area contributed by atoms with Gasteiger partial charge in [-0.15, -0.1) is 11.6 Å². The van der Waals surface area contributed by atoms with Crippen LogP contribution in [0.15, 0.2) is 6.07 Å². The smallest absolute Gasteiger partial charge is 0.130 e. The lowest BCUT2D eigenvalue weighted by molar-refractivity contribution is 0.692. The van der Waals surface area contributed by atoms with Crippen molar-refractivity contribution in [2.75, 3.05) is 5.32 Å². The monoisotopic (exact) mass is 241 g/mol. The lowest BCUT2D eigenvalue weighted by Crippen LogP contribution is -2.19. The average molecular weight is 242 g/mol. The quantitative estimate of drug-likeness (QED) is 0.805. The zero-order chi connectivity index (χ0) is 12.1. The van der Waals surface area contributed by atoms with Gasteiger partial charge in [-0.3, -0.25) is 0 Å². The molecule has 2 unspecified atom stereocenters. The normalized spacial score (nSPS) is 14.6. The fraction of sp³-hybridized carbons (Fsp3) is 0.667. The highest BCUT2D eigenvalue weighted by molar-refractivity contribution is 6.20. The number of alkyl halides is 1. The van der Waals surface area contributed by atoms with Crippen molar-refractivity contribution >= 4 is 17.4 Å². The Morgan fingerprint density at radius 3 is 2.62 bits per heavy atom. The molecule has 0 saturated heterocycles. The number of hydrogen-bond donors (Lipinski definition) is 1. The van der Waals surface area contributed by atoms with E-state index in [9.17, 15) is 0 Å². The van der Waals surface area contributed by atoms with Crippen molar-refractivity contribution in [3.05, 3.63) is 17.6 Å². The van der Waals surface area contributed by atoms with Crippen LogP contribution in [0.25, 0.3) is 0 Å². The van der Waals surface area contributed by atoms with Crippen LogP contribution in [-0.2, 0) is 6.42 Å². The highest BCUT2D eigenvalue weighted by Gasteiger charge is 2.08. The molecule has 0 saturated carbocycles. The second kappa shape index (κ2) is 6.04. The van der Waals surface area contributed by atoms with Crippen LogP contribution in [0.5, 0.6) is 0 Å². The van der Waals surface area contributed by atoms with E-state index >= 15 is 0 Å². The minimum atomic E-state index is 0.177. The van der Waals surface area contributed by atoms with Gasteiger partial charge in [0.1, 0.15) is 11.6 Å². The Bertz CT molecular complexity index is 339. The van der Waals surface area contributed by atoms with Crippen LogP contribution in [0.3, 0.4) is 0 Å². The molecule has 0 aliphatic carbocycles. The largest absolute Gasteiger partial charge is 0.367 e. The van der Waals surface area contributed by atoms with E-state index in [0.29, 0.717) is 6.04 Å². The van der Waals surface area contributed by atoms with Crippen molar-refractivity contribution in [2.24, 2.45) is 0 Å². The fourth-order valence-corrected chi connectivity index (χ4v) is 1.95. The zero-order valence-electron chi connectivity index (χ0n) is 10.4. The number of nitrogens with one attached hydrogen (secondary N) is 1. The molecule has 4 heteroatoms. The molecule has 0 spiro atoms. The van der Waals surface area contributed by atoms with Crippen LogP contribution in [0.1, 0.15) is 38.7 Å². The van der Waals surface area contributed by atoms with Gasteiger partial charge in [-0.25, -0.2) is 9.97 Å². The number of anilines is 1. The van der Waals surface area contributed by atoms with Gasteiger partial charge in [-0.2, -0.15) is 0 Å². The zero-order valence-corrected chi connectivity index (χ0v) is 11.2. The molecule has 1 rings (SSSR count). The van der Waals surface area contributed by atoms with E-state index in [1.54, 1.807) is 0 Å². The van der Waals surface area contributed by atoms with Gasteiger partial charge in [0, 0.05) is 23.2 Å². The molecule has 0 radical (unpaired) electrons. The number of hydrogen-bond acceptors (Lipinski definition) is 3. The Labute approximate surface area is 103 Å². The number of rotatable bonds is 5. The van der Waals surface area contributed by atoms with Crippen LogP contribution in [0.4, 0.5) is 5.82 Å². The summed E-state index contributed by atoms with van der Waals surface area (Å²) >= 11 is 5.96. The van der Waals surface area contributed by atoms with E-state index < -0.39 is 0 Å². The molecule has 0 bridgehead atoms. The number of nitrogens with zero attached hydrogens (tertiary/aromatic N) is 2. The lowest BCUT2D eigenvalue weighted by atomic mass is 10.2. The first-order chi connectivity index (χ1) is 7.51. The van der Waals surface area contributed by atoms with E-state index in [4.69, 9.17) is 11.6 Å². The van der Waals surface area contributed by atoms with Crippen LogP contribution in [-0.4, -0.2) is 21.4 Å². The standard InChI is InChI=1S/C12H20ClN3/c1-5-11-7-12(16-10(4)15-11)14-9(3)6-8(2)13/h7-9H,5-6H2,1-4H3,(H,14,15,16). The van der Waals surface area contributed by atoms with Crippen LogP contribution >= 0.6 is 11.6 Å². The van der Waals surface area contributed by atoms with E-state index in [-0.39, 0.29) is 5.38 Å². The van der Waals surface area contributed by atoms with Gasteiger partial charge in [0.2, 0.25) is 0 Å². The predicted molar refractivity (Wildman–Crippen MR) is 69.2 cm³/mol. The third-order valence-electron chi connectivity index (χ3n) is 2.33. The summed E-state index contributed by atoms with van der Waals surface area (Å²) in [5.74, 6) is 1.71. The Morgan fingerprint density at radius 1 is 1.38 bits per heavy atom. The fourth-order valence-electron chi connectivity index (χ4n) is 1.68. The molecule has 1 N–H and O–H groups in total. The summed E-state index contributed by atoms with van der Waals surface area (Å²) in [7, 11) is 0. The summed E-state index contributed by atoms with van der Waals surface area (Å²) in [5, 5.41) is 3.53. The van der Waals surface area contributed by atoms with Gasteiger partial charge >= 0.3 is 0 Å². The first-order valence-corrected chi connectivity index (χ1v) is 6.20. The molecule has 3 nitrogen and oxygen atoms in total. The summed E-state index contributed by atoms with van der Waals surface area (Å²) in [6.07, 6.45) is 1.85. The highest BCUT2D eigenvalue weighted by atomic mass is 35.5. The molecule has 1 heterocycles. The third-order valence-corrected chi connectivity index (χ3v) is 2.50. The first kappa shape index (κ1) is 13.2. The number of halogens is 1. The summed E-state index contributed by atoms with van der Waals surface area (Å²) in [5.41, 5.74) is 1.07. The summed E-state index contributed by atoms with van der Waals surface area (Å²) in [6, 6.07) is 2.33. The maximum absolute atomic E-state index is 5.96. The van der Waals surface area contributed by atoms with Crippen molar-refractivity contribution in [2.45, 2.75) is 52.0 Å². The average Bonchev–Trinajstić information content (AvgIpc) is 2.14. The molecule has 1 aromatic rings. The Kier molecular flexibility index (Phi) is 5.00. The molecule has 0 aliphatic rings. The van der Waals surface area contributed by atoms with Gasteiger partial charge in [0.25, 0.3) is 0 Å². The number of aryl methyl sites for hydroxylation is 2. The topological polar surface area (TPSA) is 37.8 Å². The minimum Gasteiger partial charge on any atom is -0.367 e. The van der Waals surface area contributed by atoms with Crippen LogP contribution in [0.2, 0.25) is 0 Å². The van der Waals surface area contributed by atoms with Crippen molar-refractivity contribution < 1.29 is 0 Å². The van der Waals surface area contributed by atoms with Crippen molar-refractivity contribution in [3.63, 3.8) is 0 Å². The van der Waals surface area contributed by atoms with Gasteiger partial charge in [0.15, 0.2) is 0 Å². The van der Waals surface area contributed by atoms with E-state index in [0.717, 1.165) is 30.2 Å². The molecule has 2 atom stereocenters. The summed E-state index contributed by atoms with van der Waals surface area (Å²) in [4.78, 5) is 8.71. The highest BCUT2D eigenvalue weighted by Crippen LogP contribution is 2.12. The molecule has 90 valence electrons. The van der Waals surface area contributed by atoms with Crippen molar-refractivity contribution in [1.29, 1.82) is 0 Å². The third kappa shape index (κ3) is 4.35. The summed E-state index contributed by atoms with van der Waals surface area (Å²) in [6.45, 7) is 8.12. The van der Waals surface area contributed by atoms with E-state index in [1.165, 1.54) is 0 Å². The Balaban J connectivity index is 2.69. The van der Waals surface area contributed by atoms with Gasteiger partial charge in [-0.1, -0.05) is 6.92 Å². The molecule has 0 amide bonds.